The van der Waals surface area contributed by atoms with Crippen molar-refractivity contribution in [2.75, 3.05) is 57.4 Å². The molecule has 2 aliphatic heterocycles. The van der Waals surface area contributed by atoms with E-state index in [0.29, 0.717) is 39.4 Å². The Hall–Kier alpha value is -2.43. The van der Waals surface area contributed by atoms with Crippen molar-refractivity contribution in [3.63, 3.8) is 0 Å². The van der Waals surface area contributed by atoms with E-state index in [1.807, 2.05) is 23.1 Å². The molecule has 156 valence electrons. The van der Waals surface area contributed by atoms with Gasteiger partial charge in [-0.15, -0.1) is 0 Å². The van der Waals surface area contributed by atoms with Crippen LogP contribution in [0.3, 0.4) is 0 Å². The lowest BCUT2D eigenvalue weighted by Gasteiger charge is -2.36. The maximum absolute atomic E-state index is 12.7. The molecule has 0 atom stereocenters. The number of anilines is 1. The molecule has 29 heavy (non-hydrogen) atoms. The number of benzene rings is 1. The number of imidazole rings is 1. The minimum absolute atomic E-state index is 0.0268. The van der Waals surface area contributed by atoms with Crippen molar-refractivity contribution in [2.24, 2.45) is 0 Å². The third kappa shape index (κ3) is 4.44. The van der Waals surface area contributed by atoms with Gasteiger partial charge >= 0.3 is 0 Å². The summed E-state index contributed by atoms with van der Waals surface area (Å²) in [6.45, 7) is 4.31. The average molecular weight is 420 g/mol. The Kier molecular flexibility index (Phi) is 5.84. The number of carbonyl (C=O) groups is 1. The number of nitrogens with zero attached hydrogens (tertiary/aromatic N) is 5. The number of hydrogen-bond acceptors (Lipinski definition) is 6. The van der Waals surface area contributed by atoms with Crippen molar-refractivity contribution in [3.8, 4) is 0 Å². The van der Waals surface area contributed by atoms with Crippen molar-refractivity contribution in [1.82, 2.24) is 18.8 Å². The summed E-state index contributed by atoms with van der Waals surface area (Å²) < 4.78 is 33.4. The van der Waals surface area contributed by atoms with Gasteiger partial charge in [0, 0.05) is 51.2 Å². The van der Waals surface area contributed by atoms with Gasteiger partial charge < -0.3 is 19.1 Å². The largest absolute Gasteiger partial charge is 0.379 e. The van der Waals surface area contributed by atoms with Crippen LogP contribution in [0.25, 0.3) is 0 Å². The predicted octanol–water partition coefficient (Wildman–Crippen LogP) is 0.253. The Morgan fingerprint density at radius 2 is 1.69 bits per heavy atom. The van der Waals surface area contributed by atoms with Crippen LogP contribution < -0.4 is 4.90 Å². The van der Waals surface area contributed by atoms with Crippen molar-refractivity contribution >= 4 is 21.6 Å². The van der Waals surface area contributed by atoms with Gasteiger partial charge in [-0.25, -0.2) is 13.4 Å². The standard InChI is InChI=1S/C19H25N5O4S/c25-19(23-8-6-22(7-9-23)17-4-2-1-3-5-17)15-21-14-18(20-16-21)29(26,27)24-10-12-28-13-11-24/h1-5,14,16H,6-13,15H2. The molecule has 4 rings (SSSR count). The summed E-state index contributed by atoms with van der Waals surface area (Å²) in [5.74, 6) is -0.0366. The third-order valence-corrected chi connectivity index (χ3v) is 7.04. The molecule has 3 heterocycles. The van der Waals surface area contributed by atoms with Crippen molar-refractivity contribution in [2.45, 2.75) is 11.6 Å². The lowest BCUT2D eigenvalue weighted by atomic mass is 10.2. The molecule has 2 saturated heterocycles. The molecule has 2 aromatic rings. The Morgan fingerprint density at radius 1 is 1.00 bits per heavy atom. The van der Waals surface area contributed by atoms with Crippen LogP contribution in [0.4, 0.5) is 5.69 Å². The van der Waals surface area contributed by atoms with Gasteiger partial charge in [0.15, 0.2) is 5.03 Å². The number of sulfonamides is 1. The van der Waals surface area contributed by atoms with Gasteiger partial charge in [0.05, 0.1) is 19.5 Å². The summed E-state index contributed by atoms with van der Waals surface area (Å²) >= 11 is 0. The Labute approximate surface area is 170 Å². The molecule has 1 aromatic carbocycles. The van der Waals surface area contributed by atoms with Gasteiger partial charge in [0.25, 0.3) is 10.0 Å². The minimum Gasteiger partial charge on any atom is -0.379 e. The van der Waals surface area contributed by atoms with Crippen LogP contribution >= 0.6 is 0 Å². The van der Waals surface area contributed by atoms with Gasteiger partial charge in [0.2, 0.25) is 5.91 Å². The van der Waals surface area contributed by atoms with Crippen LogP contribution in [-0.4, -0.2) is 85.6 Å². The number of hydrogen-bond donors (Lipinski definition) is 0. The number of carbonyl (C=O) groups excluding carboxylic acids is 1. The molecular weight excluding hydrogens is 394 g/mol. The fraction of sp³-hybridized carbons (Fsp3) is 0.474. The van der Waals surface area contributed by atoms with E-state index < -0.39 is 10.0 Å². The normalized spacial score (nSPS) is 18.8. The average Bonchev–Trinajstić information content (AvgIpc) is 3.24. The number of amides is 1. The quantitative estimate of drug-likeness (QED) is 0.691. The maximum Gasteiger partial charge on any atom is 0.262 e. The van der Waals surface area contributed by atoms with Crippen LogP contribution in [-0.2, 0) is 26.1 Å². The molecule has 2 fully saturated rings. The fourth-order valence-electron chi connectivity index (χ4n) is 3.59. The number of para-hydroxylation sites is 1. The molecule has 0 N–H and O–H groups in total. The second-order valence-corrected chi connectivity index (χ2v) is 8.99. The summed E-state index contributed by atoms with van der Waals surface area (Å²) in [4.78, 5) is 20.8. The fourth-order valence-corrected chi connectivity index (χ4v) is 4.93. The van der Waals surface area contributed by atoms with E-state index in [-0.39, 0.29) is 17.5 Å². The molecule has 0 unspecified atom stereocenters. The lowest BCUT2D eigenvalue weighted by Crippen LogP contribution is -2.49. The van der Waals surface area contributed by atoms with E-state index in [1.165, 1.54) is 16.8 Å². The molecule has 9 nitrogen and oxygen atoms in total. The first-order valence-electron chi connectivity index (χ1n) is 9.71. The second-order valence-electron chi connectivity index (χ2n) is 7.10. The van der Waals surface area contributed by atoms with Gasteiger partial charge in [-0.05, 0) is 12.1 Å². The summed E-state index contributed by atoms with van der Waals surface area (Å²) in [6, 6.07) is 10.1. The monoisotopic (exact) mass is 419 g/mol. The van der Waals surface area contributed by atoms with Crippen molar-refractivity contribution < 1.29 is 17.9 Å². The number of rotatable bonds is 5. The summed E-state index contributed by atoms with van der Waals surface area (Å²) in [7, 11) is -3.65. The summed E-state index contributed by atoms with van der Waals surface area (Å²) in [5, 5.41) is -0.0268. The highest BCUT2D eigenvalue weighted by molar-refractivity contribution is 7.89. The van der Waals surface area contributed by atoms with Crippen LogP contribution in [0.5, 0.6) is 0 Å². The first-order valence-corrected chi connectivity index (χ1v) is 11.2. The third-order valence-electron chi connectivity index (χ3n) is 5.26. The number of morpholine rings is 1. The minimum atomic E-state index is -3.65. The van der Waals surface area contributed by atoms with E-state index in [2.05, 4.69) is 22.0 Å². The number of aromatic nitrogens is 2. The van der Waals surface area contributed by atoms with E-state index in [0.717, 1.165) is 18.8 Å². The van der Waals surface area contributed by atoms with Crippen LogP contribution in [0.2, 0.25) is 0 Å². The molecule has 2 aliphatic rings. The van der Waals surface area contributed by atoms with Crippen LogP contribution in [0.15, 0.2) is 47.9 Å². The zero-order chi connectivity index (χ0) is 20.3. The predicted molar refractivity (Wildman–Crippen MR) is 107 cm³/mol. The molecule has 0 radical (unpaired) electrons. The Morgan fingerprint density at radius 3 is 2.38 bits per heavy atom. The zero-order valence-corrected chi connectivity index (χ0v) is 17.0. The SMILES string of the molecule is O=C(Cn1cnc(S(=O)(=O)N2CCOCC2)c1)N1CCN(c2ccccc2)CC1. The zero-order valence-electron chi connectivity index (χ0n) is 16.2. The smallest absolute Gasteiger partial charge is 0.262 e. The molecule has 1 amide bonds. The molecule has 0 bridgehead atoms. The molecule has 0 saturated carbocycles. The maximum atomic E-state index is 12.7. The van der Waals surface area contributed by atoms with Gasteiger partial charge in [0.1, 0.15) is 6.54 Å². The molecule has 10 heteroatoms. The first-order chi connectivity index (χ1) is 14.0. The summed E-state index contributed by atoms with van der Waals surface area (Å²) in [5.41, 5.74) is 1.16. The first kappa shape index (κ1) is 19.9. The molecule has 1 aromatic heterocycles. The van der Waals surface area contributed by atoms with Crippen molar-refractivity contribution in [3.05, 3.63) is 42.9 Å². The Bertz CT molecular complexity index is 933. The van der Waals surface area contributed by atoms with E-state index in [4.69, 9.17) is 4.74 Å². The second kappa shape index (κ2) is 8.52. The van der Waals surface area contributed by atoms with E-state index in [9.17, 15) is 13.2 Å². The number of ether oxygens (including phenoxy) is 1. The molecule has 0 aliphatic carbocycles. The van der Waals surface area contributed by atoms with E-state index >= 15 is 0 Å². The summed E-state index contributed by atoms with van der Waals surface area (Å²) in [6.07, 6.45) is 2.84. The van der Waals surface area contributed by atoms with Crippen LogP contribution in [0, 0.1) is 0 Å². The number of piperazine rings is 1. The topological polar surface area (TPSA) is 88.0 Å². The molecule has 0 spiro atoms. The van der Waals surface area contributed by atoms with Gasteiger partial charge in [-0.1, -0.05) is 18.2 Å². The van der Waals surface area contributed by atoms with E-state index in [1.54, 1.807) is 4.57 Å². The highest BCUT2D eigenvalue weighted by Crippen LogP contribution is 2.17. The highest BCUT2D eigenvalue weighted by atomic mass is 32.2. The lowest BCUT2D eigenvalue weighted by molar-refractivity contribution is -0.132. The molecular formula is C19H25N5O4S. The van der Waals surface area contributed by atoms with Gasteiger partial charge in [-0.2, -0.15) is 4.31 Å². The van der Waals surface area contributed by atoms with Crippen LogP contribution in [0.1, 0.15) is 0 Å². The van der Waals surface area contributed by atoms with Crippen molar-refractivity contribution in [1.29, 1.82) is 0 Å². The van der Waals surface area contributed by atoms with Gasteiger partial charge in [-0.3, -0.25) is 4.79 Å². The highest BCUT2D eigenvalue weighted by Gasteiger charge is 2.29. The Balaban J connectivity index is 1.34.